The summed E-state index contributed by atoms with van der Waals surface area (Å²) >= 11 is 0. The quantitative estimate of drug-likeness (QED) is 0.285. The summed E-state index contributed by atoms with van der Waals surface area (Å²) in [6.45, 7) is -0.0388. The van der Waals surface area contributed by atoms with Crippen LogP contribution in [0.15, 0.2) is 35.3 Å². The molecular weight excluding hydrogens is 358 g/mol. The van der Waals surface area contributed by atoms with Gasteiger partial charge in [-0.25, -0.2) is 0 Å². The van der Waals surface area contributed by atoms with E-state index < -0.39 is 0 Å². The molecule has 0 saturated heterocycles. The summed E-state index contributed by atoms with van der Waals surface area (Å²) in [7, 11) is 0. The van der Waals surface area contributed by atoms with Crippen LogP contribution in [0, 0.1) is 17.8 Å². The first kappa shape index (κ1) is 17.2. The van der Waals surface area contributed by atoms with Crippen LogP contribution in [-0.2, 0) is 4.74 Å². The van der Waals surface area contributed by atoms with Gasteiger partial charge in [0.25, 0.3) is 5.56 Å². The molecule has 9 nitrogen and oxygen atoms in total. The van der Waals surface area contributed by atoms with Crippen LogP contribution in [0.5, 0.6) is 0 Å². The fourth-order valence-corrected chi connectivity index (χ4v) is 2.51. The molecule has 0 amide bonds. The van der Waals surface area contributed by atoms with Crippen LogP contribution >= 0.6 is 12.4 Å². The Morgan fingerprint density at radius 2 is 2.23 bits per heavy atom. The van der Waals surface area contributed by atoms with Gasteiger partial charge in [-0.05, 0) is 12.1 Å². The molecule has 0 aliphatic heterocycles. The molecule has 3 N–H and O–H groups in total. The number of nitrogens with zero attached hydrogens (tertiary/aromatic N) is 4. The van der Waals surface area contributed by atoms with E-state index in [1.807, 2.05) is 12.1 Å². The molecule has 10 heteroatoms. The fraction of sp³-hybridized carbons (Fsp3) is 0.0625. The Balaban J connectivity index is 0.00000196. The molecule has 26 heavy (non-hydrogen) atoms. The summed E-state index contributed by atoms with van der Waals surface area (Å²) in [6.07, 6.45) is 6.53. The van der Waals surface area contributed by atoms with Crippen molar-refractivity contribution in [1.82, 2.24) is 30.0 Å². The molecule has 0 fully saturated rings. The van der Waals surface area contributed by atoms with E-state index in [2.05, 4.69) is 31.4 Å². The van der Waals surface area contributed by atoms with Crippen molar-refractivity contribution in [3.05, 3.63) is 46.4 Å². The highest BCUT2D eigenvalue weighted by Gasteiger charge is 2.14. The minimum atomic E-state index is -0.333. The van der Waals surface area contributed by atoms with Gasteiger partial charge in [0.1, 0.15) is 11.2 Å². The van der Waals surface area contributed by atoms with Crippen LogP contribution in [0.3, 0.4) is 0 Å². The first-order chi connectivity index (χ1) is 12.2. The first-order valence-corrected chi connectivity index (χ1v) is 7.25. The maximum atomic E-state index is 12.3. The van der Waals surface area contributed by atoms with Gasteiger partial charge in [0.2, 0.25) is 5.90 Å². The standard InChI is InChI=1S/C16H11N7O2.ClH/c1-2-5-25-15(17)10-8-18-23-14(24)7-12(19-16(10)23)9-3-4-11-13(6-9)21-22-20-11;/h1,3-4,6-8,17,19H,5H2,(H,20,21,22);1H. The lowest BCUT2D eigenvalue weighted by Crippen LogP contribution is -2.15. The van der Waals surface area contributed by atoms with Gasteiger partial charge < -0.3 is 9.72 Å². The third-order valence-electron chi connectivity index (χ3n) is 3.68. The van der Waals surface area contributed by atoms with E-state index in [4.69, 9.17) is 16.6 Å². The average Bonchev–Trinajstić information content (AvgIpc) is 3.25. The number of fused-ring (bicyclic) bond motifs is 2. The molecule has 0 saturated carbocycles. The molecule has 3 aromatic heterocycles. The van der Waals surface area contributed by atoms with Crippen LogP contribution in [0.1, 0.15) is 5.56 Å². The number of hydrogen-bond donors (Lipinski definition) is 3. The van der Waals surface area contributed by atoms with Crippen molar-refractivity contribution in [1.29, 1.82) is 5.41 Å². The lowest BCUT2D eigenvalue weighted by Gasteiger charge is -2.05. The van der Waals surface area contributed by atoms with E-state index in [0.717, 1.165) is 11.1 Å². The lowest BCUT2D eigenvalue weighted by atomic mass is 10.1. The largest absolute Gasteiger partial charge is 0.464 e. The molecule has 3 heterocycles. The number of rotatable bonds is 3. The number of nitrogens with one attached hydrogen (secondary N) is 3. The number of ether oxygens (including phenoxy) is 1. The average molecular weight is 370 g/mol. The van der Waals surface area contributed by atoms with Crippen LogP contribution in [-0.4, -0.2) is 42.5 Å². The van der Waals surface area contributed by atoms with Gasteiger partial charge >= 0.3 is 0 Å². The zero-order valence-corrected chi connectivity index (χ0v) is 14.0. The predicted octanol–water partition coefficient (Wildman–Crippen LogP) is 1.36. The van der Waals surface area contributed by atoms with Crippen LogP contribution in [0.4, 0.5) is 0 Å². The van der Waals surface area contributed by atoms with E-state index >= 15 is 0 Å². The van der Waals surface area contributed by atoms with Gasteiger partial charge in [0.05, 0.1) is 23.0 Å². The van der Waals surface area contributed by atoms with Gasteiger partial charge in [0, 0.05) is 11.6 Å². The highest BCUT2D eigenvalue weighted by Crippen LogP contribution is 2.21. The van der Waals surface area contributed by atoms with E-state index in [-0.39, 0.29) is 30.5 Å². The number of halogens is 1. The van der Waals surface area contributed by atoms with E-state index in [0.29, 0.717) is 22.4 Å². The van der Waals surface area contributed by atoms with Crippen molar-refractivity contribution in [2.45, 2.75) is 0 Å². The number of hydrogen-bond acceptors (Lipinski definition) is 6. The highest BCUT2D eigenvalue weighted by atomic mass is 35.5. The topological polar surface area (TPSA) is 125 Å². The molecule has 4 rings (SSSR count). The minimum absolute atomic E-state index is 0. The van der Waals surface area contributed by atoms with Crippen LogP contribution in [0.25, 0.3) is 27.9 Å². The third kappa shape index (κ3) is 2.78. The number of aromatic nitrogens is 6. The predicted molar refractivity (Wildman–Crippen MR) is 97.6 cm³/mol. The van der Waals surface area contributed by atoms with Crippen LogP contribution < -0.4 is 5.56 Å². The van der Waals surface area contributed by atoms with Crippen molar-refractivity contribution in [3.8, 4) is 23.6 Å². The van der Waals surface area contributed by atoms with Crippen molar-refractivity contribution in [2.75, 3.05) is 6.61 Å². The van der Waals surface area contributed by atoms with Crippen molar-refractivity contribution in [2.24, 2.45) is 0 Å². The summed E-state index contributed by atoms with van der Waals surface area (Å²) in [6, 6.07) is 6.89. The Bertz CT molecular complexity index is 1210. The van der Waals surface area contributed by atoms with Gasteiger partial charge in [-0.15, -0.1) is 23.9 Å². The normalized spacial score (nSPS) is 10.4. The molecule has 0 unspecified atom stereocenters. The van der Waals surface area contributed by atoms with Gasteiger partial charge in [0.15, 0.2) is 6.61 Å². The molecule has 0 radical (unpaired) electrons. The second kappa shape index (κ2) is 6.70. The third-order valence-corrected chi connectivity index (χ3v) is 3.68. The SMILES string of the molecule is C#CCOC(=N)c1cnn2c(=O)cc(-c3ccc4[nH]nnc4c3)[nH]c12.Cl. The molecule has 4 aromatic rings. The smallest absolute Gasteiger partial charge is 0.274 e. The van der Waals surface area contributed by atoms with Crippen molar-refractivity contribution >= 4 is 35.0 Å². The number of H-pyrrole nitrogens is 2. The van der Waals surface area contributed by atoms with Crippen LogP contribution in [0.2, 0.25) is 0 Å². The summed E-state index contributed by atoms with van der Waals surface area (Å²) in [5.74, 6) is 2.13. The Kier molecular flexibility index (Phi) is 4.43. The first-order valence-electron chi connectivity index (χ1n) is 7.25. The van der Waals surface area contributed by atoms with Crippen molar-refractivity contribution < 1.29 is 4.74 Å². The molecule has 0 aliphatic carbocycles. The Morgan fingerprint density at radius 1 is 1.38 bits per heavy atom. The van der Waals surface area contributed by atoms with Gasteiger partial charge in [-0.2, -0.15) is 9.61 Å². The Hall–Kier alpha value is -3.64. The molecule has 130 valence electrons. The summed E-state index contributed by atoms with van der Waals surface area (Å²) in [5.41, 5.74) is 3.15. The maximum Gasteiger partial charge on any atom is 0.274 e. The molecule has 1 aromatic carbocycles. The number of terminal acetylenes is 1. The van der Waals surface area contributed by atoms with Crippen molar-refractivity contribution in [3.63, 3.8) is 0 Å². The second-order valence-corrected chi connectivity index (χ2v) is 5.21. The molecule has 0 atom stereocenters. The molecule has 0 bridgehead atoms. The van der Waals surface area contributed by atoms with Gasteiger partial charge in [-0.3, -0.25) is 15.3 Å². The highest BCUT2D eigenvalue weighted by molar-refractivity contribution is 5.97. The molecule has 0 spiro atoms. The Labute approximate surface area is 152 Å². The minimum Gasteiger partial charge on any atom is -0.464 e. The zero-order chi connectivity index (χ0) is 17.4. The van der Waals surface area contributed by atoms with E-state index in [9.17, 15) is 4.79 Å². The number of benzene rings is 1. The second-order valence-electron chi connectivity index (χ2n) is 5.21. The van der Waals surface area contributed by atoms with E-state index in [1.165, 1.54) is 16.8 Å². The molecular formula is C16H12ClN7O2. The fourth-order valence-electron chi connectivity index (χ4n) is 2.51. The zero-order valence-electron chi connectivity index (χ0n) is 13.2. The number of aromatic amines is 2. The maximum absolute atomic E-state index is 12.3. The Morgan fingerprint density at radius 3 is 3.04 bits per heavy atom. The lowest BCUT2D eigenvalue weighted by molar-refractivity contribution is 0.356. The summed E-state index contributed by atoms with van der Waals surface area (Å²) in [4.78, 5) is 15.5. The van der Waals surface area contributed by atoms with Gasteiger partial charge in [-0.1, -0.05) is 17.2 Å². The summed E-state index contributed by atoms with van der Waals surface area (Å²) < 4.78 is 6.29. The van der Waals surface area contributed by atoms with E-state index in [1.54, 1.807) is 6.07 Å². The summed E-state index contributed by atoms with van der Waals surface area (Å²) in [5, 5.41) is 22.4. The molecule has 0 aliphatic rings. The monoisotopic (exact) mass is 369 g/mol.